The highest BCUT2D eigenvalue weighted by Crippen LogP contribution is 2.19. The molecular weight excluding hydrogens is 278 g/mol. The van der Waals surface area contributed by atoms with Gasteiger partial charge in [-0.15, -0.1) is 0 Å². The first-order valence-corrected chi connectivity index (χ1v) is 7.02. The number of amides is 1. The molecule has 118 valence electrons. The van der Waals surface area contributed by atoms with Crippen LogP contribution in [0.25, 0.3) is 0 Å². The second-order valence-corrected chi connectivity index (χ2v) is 4.98. The van der Waals surface area contributed by atoms with E-state index in [1.807, 2.05) is 13.8 Å². The maximum absolute atomic E-state index is 12.3. The molecule has 1 aromatic rings. The average molecular weight is 300 g/mol. The zero-order valence-electron chi connectivity index (χ0n) is 12.4. The summed E-state index contributed by atoms with van der Waals surface area (Å²) in [5.41, 5.74) is 0.534. The summed E-state index contributed by atoms with van der Waals surface area (Å²) in [7, 11) is 0. The van der Waals surface area contributed by atoms with Crippen LogP contribution < -0.4 is 15.4 Å². The van der Waals surface area contributed by atoms with Gasteiger partial charge < -0.3 is 15.4 Å². The Morgan fingerprint density at radius 1 is 1.29 bits per heavy atom. The number of para-hydroxylation sites is 1. The number of hydrogen-bond acceptors (Lipinski definition) is 3. The van der Waals surface area contributed by atoms with Gasteiger partial charge in [-0.1, -0.05) is 32.0 Å². The van der Waals surface area contributed by atoms with E-state index in [2.05, 4.69) is 15.4 Å². The second kappa shape index (κ2) is 9.28. The SMILES string of the molecule is CC(C)NCCCC(=O)NCc1ccccc1OC(F)F. The number of carbonyl (C=O) groups excluding carboxylic acids is 1. The van der Waals surface area contributed by atoms with E-state index in [4.69, 9.17) is 0 Å². The van der Waals surface area contributed by atoms with E-state index in [0.717, 1.165) is 13.0 Å². The molecule has 4 nitrogen and oxygen atoms in total. The van der Waals surface area contributed by atoms with Crippen molar-refractivity contribution in [3.8, 4) is 5.75 Å². The Morgan fingerprint density at radius 3 is 2.67 bits per heavy atom. The van der Waals surface area contributed by atoms with Gasteiger partial charge in [0, 0.05) is 24.6 Å². The van der Waals surface area contributed by atoms with Gasteiger partial charge in [0.05, 0.1) is 0 Å². The molecular formula is C15H22F2N2O2. The Hall–Kier alpha value is -1.69. The maximum atomic E-state index is 12.3. The lowest BCUT2D eigenvalue weighted by Crippen LogP contribution is -2.27. The van der Waals surface area contributed by atoms with Gasteiger partial charge in [-0.2, -0.15) is 8.78 Å². The number of carbonyl (C=O) groups is 1. The number of hydrogen-bond donors (Lipinski definition) is 2. The average Bonchev–Trinajstić information content (AvgIpc) is 2.42. The molecule has 0 saturated heterocycles. The minimum atomic E-state index is -2.87. The van der Waals surface area contributed by atoms with Gasteiger partial charge in [0.25, 0.3) is 0 Å². The molecule has 0 aliphatic rings. The molecule has 0 radical (unpaired) electrons. The van der Waals surface area contributed by atoms with Crippen LogP contribution in [0.4, 0.5) is 8.78 Å². The van der Waals surface area contributed by atoms with Crippen LogP contribution in [-0.2, 0) is 11.3 Å². The quantitative estimate of drug-likeness (QED) is 0.689. The van der Waals surface area contributed by atoms with Crippen LogP contribution in [0, 0.1) is 0 Å². The van der Waals surface area contributed by atoms with E-state index in [0.29, 0.717) is 18.0 Å². The van der Waals surface area contributed by atoms with Crippen LogP contribution in [-0.4, -0.2) is 25.1 Å². The van der Waals surface area contributed by atoms with E-state index < -0.39 is 6.61 Å². The third-order valence-corrected chi connectivity index (χ3v) is 2.80. The summed E-state index contributed by atoms with van der Waals surface area (Å²) in [5.74, 6) is -0.0123. The molecule has 2 N–H and O–H groups in total. The molecule has 0 unspecified atom stereocenters. The summed E-state index contributed by atoms with van der Waals surface area (Å²) in [6.07, 6.45) is 1.14. The first-order valence-electron chi connectivity index (χ1n) is 7.02. The Bertz CT molecular complexity index is 439. The summed E-state index contributed by atoms with van der Waals surface area (Å²) in [6.45, 7) is 2.17. The van der Waals surface area contributed by atoms with Crippen molar-refractivity contribution in [2.75, 3.05) is 6.54 Å². The van der Waals surface area contributed by atoms with Gasteiger partial charge in [0.15, 0.2) is 0 Å². The smallest absolute Gasteiger partial charge is 0.387 e. The molecule has 21 heavy (non-hydrogen) atoms. The third kappa shape index (κ3) is 7.60. The van der Waals surface area contributed by atoms with Gasteiger partial charge in [-0.3, -0.25) is 4.79 Å². The Kier molecular flexibility index (Phi) is 7.68. The largest absolute Gasteiger partial charge is 0.434 e. The number of ether oxygens (including phenoxy) is 1. The van der Waals surface area contributed by atoms with Crippen molar-refractivity contribution in [1.82, 2.24) is 10.6 Å². The van der Waals surface area contributed by atoms with E-state index >= 15 is 0 Å². The molecule has 0 aliphatic carbocycles. The van der Waals surface area contributed by atoms with Crippen molar-refractivity contribution < 1.29 is 18.3 Å². The van der Waals surface area contributed by atoms with Crippen LogP contribution in [0.15, 0.2) is 24.3 Å². The van der Waals surface area contributed by atoms with Gasteiger partial charge >= 0.3 is 6.61 Å². The lowest BCUT2D eigenvalue weighted by atomic mass is 10.2. The van der Waals surface area contributed by atoms with E-state index in [-0.39, 0.29) is 18.2 Å². The molecule has 0 fully saturated rings. The minimum Gasteiger partial charge on any atom is -0.434 e. The zero-order chi connectivity index (χ0) is 15.7. The number of alkyl halides is 2. The van der Waals surface area contributed by atoms with Crippen molar-refractivity contribution in [1.29, 1.82) is 0 Å². The van der Waals surface area contributed by atoms with Crippen LogP contribution in [0.3, 0.4) is 0 Å². The first-order chi connectivity index (χ1) is 9.99. The van der Waals surface area contributed by atoms with E-state index in [9.17, 15) is 13.6 Å². The van der Waals surface area contributed by atoms with Gasteiger partial charge in [0.1, 0.15) is 5.75 Å². The normalized spacial score (nSPS) is 11.0. The van der Waals surface area contributed by atoms with Crippen molar-refractivity contribution >= 4 is 5.91 Å². The molecule has 6 heteroatoms. The first kappa shape index (κ1) is 17.4. The lowest BCUT2D eigenvalue weighted by molar-refractivity contribution is -0.121. The summed E-state index contributed by atoms with van der Waals surface area (Å²) in [5, 5.41) is 5.93. The predicted octanol–water partition coefficient (Wildman–Crippen LogP) is 2.68. The molecule has 0 heterocycles. The zero-order valence-corrected chi connectivity index (χ0v) is 12.4. The van der Waals surface area contributed by atoms with Crippen molar-refractivity contribution in [2.45, 2.75) is 45.9 Å². The molecule has 0 aromatic heterocycles. The molecule has 0 spiro atoms. The number of halogens is 2. The van der Waals surface area contributed by atoms with Crippen LogP contribution in [0.5, 0.6) is 5.75 Å². The summed E-state index contributed by atoms with van der Waals surface area (Å²) in [6, 6.07) is 6.83. The number of nitrogens with one attached hydrogen (secondary N) is 2. The molecule has 0 aliphatic heterocycles. The molecule has 1 rings (SSSR count). The topological polar surface area (TPSA) is 50.4 Å². The van der Waals surface area contributed by atoms with Crippen LogP contribution >= 0.6 is 0 Å². The Labute approximate surface area is 123 Å². The van der Waals surface area contributed by atoms with Crippen LogP contribution in [0.2, 0.25) is 0 Å². The second-order valence-electron chi connectivity index (χ2n) is 4.98. The van der Waals surface area contributed by atoms with Gasteiger partial charge in [-0.25, -0.2) is 0 Å². The molecule has 1 aromatic carbocycles. The summed E-state index contributed by atoms with van der Waals surface area (Å²) >= 11 is 0. The standard InChI is InChI=1S/C15H22F2N2O2/c1-11(2)18-9-5-8-14(20)19-10-12-6-3-4-7-13(12)21-15(16)17/h3-4,6-7,11,15,18H,5,8-10H2,1-2H3,(H,19,20). The highest BCUT2D eigenvalue weighted by Gasteiger charge is 2.10. The van der Waals surface area contributed by atoms with Crippen molar-refractivity contribution in [3.63, 3.8) is 0 Å². The fraction of sp³-hybridized carbons (Fsp3) is 0.533. The summed E-state index contributed by atoms with van der Waals surface area (Å²) in [4.78, 5) is 11.7. The highest BCUT2D eigenvalue weighted by atomic mass is 19.3. The fourth-order valence-electron chi connectivity index (χ4n) is 1.78. The minimum absolute atomic E-state index is 0.0919. The molecule has 0 bridgehead atoms. The number of rotatable bonds is 9. The lowest BCUT2D eigenvalue weighted by Gasteiger charge is -2.11. The summed E-state index contributed by atoms with van der Waals surface area (Å²) < 4.78 is 28.9. The van der Waals surface area contributed by atoms with E-state index in [1.165, 1.54) is 6.07 Å². The highest BCUT2D eigenvalue weighted by molar-refractivity contribution is 5.75. The molecule has 1 amide bonds. The third-order valence-electron chi connectivity index (χ3n) is 2.80. The van der Waals surface area contributed by atoms with Gasteiger partial charge in [0.2, 0.25) is 5.91 Å². The fourth-order valence-corrected chi connectivity index (χ4v) is 1.78. The molecule has 0 saturated carbocycles. The van der Waals surface area contributed by atoms with Crippen molar-refractivity contribution in [2.24, 2.45) is 0 Å². The predicted molar refractivity (Wildman–Crippen MR) is 77.3 cm³/mol. The number of benzene rings is 1. The monoisotopic (exact) mass is 300 g/mol. The molecule has 0 atom stereocenters. The van der Waals surface area contributed by atoms with Crippen molar-refractivity contribution in [3.05, 3.63) is 29.8 Å². The Balaban J connectivity index is 2.35. The Morgan fingerprint density at radius 2 is 2.00 bits per heavy atom. The van der Waals surface area contributed by atoms with E-state index in [1.54, 1.807) is 18.2 Å². The maximum Gasteiger partial charge on any atom is 0.387 e. The van der Waals surface area contributed by atoms with Gasteiger partial charge in [-0.05, 0) is 19.0 Å². The van der Waals surface area contributed by atoms with Crippen LogP contribution in [0.1, 0.15) is 32.3 Å².